The van der Waals surface area contributed by atoms with Gasteiger partial charge in [0.25, 0.3) is 0 Å². The first-order chi connectivity index (χ1) is 7.18. The monoisotopic (exact) mass is 208 g/mol. The minimum absolute atomic E-state index is 0.110. The van der Waals surface area contributed by atoms with Gasteiger partial charge in [-0.2, -0.15) is 0 Å². The number of ketones is 1. The molecule has 1 aliphatic carbocycles. The lowest BCUT2D eigenvalue weighted by molar-refractivity contribution is -0.123. The molecule has 15 heavy (non-hydrogen) atoms. The van der Waals surface area contributed by atoms with Gasteiger partial charge in [0.1, 0.15) is 0 Å². The van der Waals surface area contributed by atoms with Crippen LogP contribution in [0.3, 0.4) is 0 Å². The van der Waals surface area contributed by atoms with Crippen molar-refractivity contribution in [2.75, 3.05) is 0 Å². The minimum atomic E-state index is -0.110. The van der Waals surface area contributed by atoms with Gasteiger partial charge in [-0.1, -0.05) is 12.8 Å². The van der Waals surface area contributed by atoms with Gasteiger partial charge in [-0.25, -0.2) is 4.79 Å². The second-order valence-corrected chi connectivity index (χ2v) is 4.27. The summed E-state index contributed by atoms with van der Waals surface area (Å²) in [5.74, 6) is 0.401. The van der Waals surface area contributed by atoms with Crippen molar-refractivity contribution >= 4 is 5.78 Å². The van der Waals surface area contributed by atoms with Crippen molar-refractivity contribution < 1.29 is 4.79 Å². The first kappa shape index (κ1) is 10.2. The Morgan fingerprint density at radius 1 is 1.40 bits per heavy atom. The second-order valence-electron chi connectivity index (χ2n) is 4.27. The van der Waals surface area contributed by atoms with Crippen LogP contribution in [0.4, 0.5) is 0 Å². The molecule has 0 radical (unpaired) electrons. The average molecular weight is 208 g/mol. The minimum Gasteiger partial charge on any atom is -0.302 e. The van der Waals surface area contributed by atoms with Crippen LogP contribution in [-0.4, -0.2) is 14.9 Å². The SMILES string of the molecule is Cn1ccn(CC(=O)C2CCCC2)c1=O. The summed E-state index contributed by atoms with van der Waals surface area (Å²) in [6.07, 6.45) is 7.67. The molecule has 0 aromatic carbocycles. The lowest BCUT2D eigenvalue weighted by Crippen LogP contribution is -2.27. The average Bonchev–Trinajstić information content (AvgIpc) is 2.83. The molecule has 2 rings (SSSR count). The Kier molecular flexibility index (Phi) is 2.75. The fraction of sp³-hybridized carbons (Fsp3) is 0.636. The van der Waals surface area contributed by atoms with Gasteiger partial charge in [0.15, 0.2) is 5.78 Å². The lowest BCUT2D eigenvalue weighted by Gasteiger charge is -2.07. The van der Waals surface area contributed by atoms with Crippen LogP contribution in [0, 0.1) is 5.92 Å². The van der Waals surface area contributed by atoms with Crippen LogP contribution in [0.2, 0.25) is 0 Å². The van der Waals surface area contributed by atoms with E-state index >= 15 is 0 Å². The highest BCUT2D eigenvalue weighted by atomic mass is 16.2. The third-order valence-electron chi connectivity index (χ3n) is 3.15. The highest BCUT2D eigenvalue weighted by molar-refractivity contribution is 5.81. The summed E-state index contributed by atoms with van der Waals surface area (Å²) in [5.41, 5.74) is -0.110. The molecular formula is C11H16N2O2. The summed E-state index contributed by atoms with van der Waals surface area (Å²) < 4.78 is 2.97. The fourth-order valence-corrected chi connectivity index (χ4v) is 2.18. The van der Waals surface area contributed by atoms with E-state index < -0.39 is 0 Å². The number of aryl methyl sites for hydroxylation is 1. The van der Waals surface area contributed by atoms with Crippen LogP contribution in [0.5, 0.6) is 0 Å². The molecule has 0 N–H and O–H groups in total. The summed E-state index contributed by atoms with van der Waals surface area (Å²) in [6.45, 7) is 0.240. The molecule has 0 aliphatic heterocycles. The molecule has 1 aromatic heterocycles. The van der Waals surface area contributed by atoms with Crippen LogP contribution >= 0.6 is 0 Å². The normalized spacial score (nSPS) is 17.1. The molecule has 0 atom stereocenters. The Hall–Kier alpha value is -1.32. The Balaban J connectivity index is 2.05. The van der Waals surface area contributed by atoms with Gasteiger partial charge in [0.2, 0.25) is 0 Å². The number of carbonyl (C=O) groups excluding carboxylic acids is 1. The molecule has 0 bridgehead atoms. The second kappa shape index (κ2) is 4.04. The van der Waals surface area contributed by atoms with E-state index in [9.17, 15) is 9.59 Å². The van der Waals surface area contributed by atoms with E-state index in [0.717, 1.165) is 25.7 Å². The largest absolute Gasteiger partial charge is 0.328 e. The van der Waals surface area contributed by atoms with E-state index in [-0.39, 0.29) is 23.9 Å². The first-order valence-electron chi connectivity index (χ1n) is 5.43. The van der Waals surface area contributed by atoms with Gasteiger partial charge in [0, 0.05) is 25.4 Å². The number of Topliss-reactive ketones (excluding diaryl/α,β-unsaturated/α-hetero) is 1. The molecule has 4 heteroatoms. The molecular weight excluding hydrogens is 192 g/mol. The fourth-order valence-electron chi connectivity index (χ4n) is 2.18. The number of hydrogen-bond acceptors (Lipinski definition) is 2. The Morgan fingerprint density at radius 2 is 2.07 bits per heavy atom. The Morgan fingerprint density at radius 3 is 2.60 bits per heavy atom. The van der Waals surface area contributed by atoms with Gasteiger partial charge in [-0.15, -0.1) is 0 Å². The van der Waals surface area contributed by atoms with Gasteiger partial charge in [-0.05, 0) is 12.8 Å². The smallest absolute Gasteiger partial charge is 0.302 e. The molecule has 1 saturated carbocycles. The molecule has 0 spiro atoms. The maximum atomic E-state index is 11.8. The summed E-state index contributed by atoms with van der Waals surface area (Å²) in [7, 11) is 1.69. The molecule has 1 aromatic rings. The van der Waals surface area contributed by atoms with Crippen molar-refractivity contribution in [3.63, 3.8) is 0 Å². The predicted molar refractivity (Wildman–Crippen MR) is 56.6 cm³/mol. The van der Waals surface area contributed by atoms with E-state index in [1.165, 1.54) is 9.13 Å². The van der Waals surface area contributed by atoms with Crippen LogP contribution in [-0.2, 0) is 18.4 Å². The van der Waals surface area contributed by atoms with Crippen LogP contribution in [0.15, 0.2) is 17.2 Å². The van der Waals surface area contributed by atoms with Crippen molar-refractivity contribution in [3.05, 3.63) is 22.9 Å². The molecule has 1 aliphatic rings. The zero-order chi connectivity index (χ0) is 10.8. The number of aromatic nitrogens is 2. The van der Waals surface area contributed by atoms with Crippen LogP contribution in [0.1, 0.15) is 25.7 Å². The van der Waals surface area contributed by atoms with E-state index in [2.05, 4.69) is 0 Å². The number of carbonyl (C=O) groups is 1. The maximum Gasteiger partial charge on any atom is 0.328 e. The van der Waals surface area contributed by atoms with Crippen molar-refractivity contribution in [1.82, 2.24) is 9.13 Å². The standard InChI is InChI=1S/C11H16N2O2/c1-12-6-7-13(11(12)15)8-10(14)9-4-2-3-5-9/h6-7,9H,2-5,8H2,1H3. The summed E-state index contributed by atoms with van der Waals surface area (Å²) in [4.78, 5) is 23.3. The van der Waals surface area contributed by atoms with Crippen molar-refractivity contribution in [3.8, 4) is 0 Å². The third-order valence-corrected chi connectivity index (χ3v) is 3.15. The molecule has 0 unspecified atom stereocenters. The van der Waals surface area contributed by atoms with E-state index in [0.29, 0.717) is 0 Å². The van der Waals surface area contributed by atoms with Gasteiger partial charge in [-0.3, -0.25) is 9.36 Å². The first-order valence-corrected chi connectivity index (χ1v) is 5.43. The topological polar surface area (TPSA) is 44.0 Å². The zero-order valence-corrected chi connectivity index (χ0v) is 8.98. The number of nitrogens with zero attached hydrogens (tertiary/aromatic N) is 2. The number of hydrogen-bond donors (Lipinski definition) is 0. The molecule has 82 valence electrons. The van der Waals surface area contributed by atoms with Crippen LogP contribution < -0.4 is 5.69 Å². The van der Waals surface area contributed by atoms with Crippen molar-refractivity contribution in [2.24, 2.45) is 13.0 Å². The zero-order valence-electron chi connectivity index (χ0n) is 8.98. The molecule has 4 nitrogen and oxygen atoms in total. The van der Waals surface area contributed by atoms with Gasteiger partial charge < -0.3 is 4.57 Å². The Labute approximate surface area is 88.5 Å². The summed E-state index contributed by atoms with van der Waals surface area (Å²) in [5, 5.41) is 0. The van der Waals surface area contributed by atoms with Crippen molar-refractivity contribution in [2.45, 2.75) is 32.2 Å². The van der Waals surface area contributed by atoms with Gasteiger partial charge >= 0.3 is 5.69 Å². The van der Waals surface area contributed by atoms with E-state index in [1.807, 2.05) is 0 Å². The third kappa shape index (κ3) is 2.03. The quantitative estimate of drug-likeness (QED) is 0.742. The van der Waals surface area contributed by atoms with Crippen LogP contribution in [0.25, 0.3) is 0 Å². The summed E-state index contributed by atoms with van der Waals surface area (Å²) >= 11 is 0. The maximum absolute atomic E-state index is 11.8. The molecule has 1 heterocycles. The highest BCUT2D eigenvalue weighted by Gasteiger charge is 2.22. The van der Waals surface area contributed by atoms with E-state index in [4.69, 9.17) is 0 Å². The van der Waals surface area contributed by atoms with Gasteiger partial charge in [0.05, 0.1) is 6.54 Å². The highest BCUT2D eigenvalue weighted by Crippen LogP contribution is 2.25. The number of imidazole rings is 1. The summed E-state index contributed by atoms with van der Waals surface area (Å²) in [6, 6.07) is 0. The molecule has 0 amide bonds. The predicted octanol–water partition coefficient (Wildman–Crippen LogP) is 0.946. The van der Waals surface area contributed by atoms with Crippen molar-refractivity contribution in [1.29, 1.82) is 0 Å². The lowest BCUT2D eigenvalue weighted by atomic mass is 10.0. The molecule has 0 saturated heterocycles. The van der Waals surface area contributed by atoms with E-state index in [1.54, 1.807) is 19.4 Å². The Bertz CT molecular complexity index is 410. The number of rotatable bonds is 3. The molecule has 1 fully saturated rings.